The van der Waals surface area contributed by atoms with E-state index in [4.69, 9.17) is 0 Å². The molecule has 19 heavy (non-hydrogen) atoms. The molecule has 0 saturated heterocycles. The molecule has 2 aromatic carbocycles. The summed E-state index contributed by atoms with van der Waals surface area (Å²) >= 11 is 0. The summed E-state index contributed by atoms with van der Waals surface area (Å²) in [6, 6.07) is 15.6. The molecular formula is C18H23B. The van der Waals surface area contributed by atoms with Gasteiger partial charge in [-0.2, -0.15) is 0 Å². The molecule has 0 radical (unpaired) electrons. The van der Waals surface area contributed by atoms with Gasteiger partial charge in [-0.15, -0.1) is 0 Å². The normalized spacial score (nSPS) is 10.8. The summed E-state index contributed by atoms with van der Waals surface area (Å²) in [5.74, 6) is 0.556. The molecule has 0 nitrogen and oxygen atoms in total. The van der Waals surface area contributed by atoms with Crippen molar-refractivity contribution < 1.29 is 0 Å². The van der Waals surface area contributed by atoms with E-state index in [2.05, 4.69) is 76.9 Å². The van der Waals surface area contributed by atoms with Gasteiger partial charge in [0.1, 0.15) is 0 Å². The van der Waals surface area contributed by atoms with E-state index in [0.717, 1.165) is 0 Å². The van der Waals surface area contributed by atoms with Crippen LogP contribution in [-0.4, -0.2) is 6.71 Å². The predicted molar refractivity (Wildman–Crippen MR) is 87.8 cm³/mol. The maximum atomic E-state index is 2.33. The van der Waals surface area contributed by atoms with Crippen molar-refractivity contribution in [2.45, 2.75) is 40.3 Å². The summed E-state index contributed by atoms with van der Waals surface area (Å²) in [5, 5.41) is 0. The van der Waals surface area contributed by atoms with Gasteiger partial charge in [0.15, 0.2) is 6.71 Å². The van der Waals surface area contributed by atoms with Crippen molar-refractivity contribution in [2.75, 3.05) is 0 Å². The molecule has 0 aliphatic carbocycles. The van der Waals surface area contributed by atoms with Crippen LogP contribution < -0.4 is 5.46 Å². The van der Waals surface area contributed by atoms with Crippen LogP contribution in [-0.2, 0) is 0 Å². The maximum absolute atomic E-state index is 2.33. The first kappa shape index (κ1) is 13.9. The van der Waals surface area contributed by atoms with Gasteiger partial charge in [0.25, 0.3) is 0 Å². The van der Waals surface area contributed by atoms with Crippen LogP contribution >= 0.6 is 0 Å². The van der Waals surface area contributed by atoms with Crippen molar-refractivity contribution in [2.24, 2.45) is 0 Å². The third-order valence-corrected chi connectivity index (χ3v) is 3.79. The second-order valence-corrected chi connectivity index (χ2v) is 5.97. The Labute approximate surface area is 118 Å². The molecule has 0 bridgehead atoms. The van der Waals surface area contributed by atoms with E-state index in [1.165, 1.54) is 27.7 Å². The van der Waals surface area contributed by atoms with Gasteiger partial charge in [0, 0.05) is 0 Å². The summed E-state index contributed by atoms with van der Waals surface area (Å²) in [5.41, 5.74) is 6.98. The van der Waals surface area contributed by atoms with Gasteiger partial charge >= 0.3 is 0 Å². The lowest BCUT2D eigenvalue weighted by molar-refractivity contribution is 0.869. The molecule has 0 heterocycles. The minimum Gasteiger partial charge on any atom is -0.0819 e. The van der Waals surface area contributed by atoms with E-state index in [1.54, 1.807) is 0 Å². The smallest absolute Gasteiger partial charge is 0.0819 e. The van der Waals surface area contributed by atoms with Gasteiger partial charge in [-0.1, -0.05) is 75.4 Å². The summed E-state index contributed by atoms with van der Waals surface area (Å²) in [4.78, 5) is 0. The van der Waals surface area contributed by atoms with Gasteiger partial charge in [0.05, 0.1) is 0 Å². The molecule has 98 valence electrons. The minimum absolute atomic E-state index is 0.556. The van der Waals surface area contributed by atoms with Crippen LogP contribution in [0.2, 0.25) is 13.6 Å². The fraction of sp³-hybridized carbons (Fsp3) is 0.333. The Hall–Kier alpha value is -1.50. The molecule has 0 fully saturated rings. The monoisotopic (exact) mass is 250 g/mol. The highest BCUT2D eigenvalue weighted by atomic mass is 14.1. The third kappa shape index (κ3) is 2.92. The summed E-state index contributed by atoms with van der Waals surface area (Å²) in [6.45, 7) is 11.8. The SMILES string of the molecule is CB(C)c1ccc(-c2ccccc2C(C)C)c(C)c1. The number of hydrogen-bond acceptors (Lipinski definition) is 0. The van der Waals surface area contributed by atoms with Crippen molar-refractivity contribution in [3.63, 3.8) is 0 Å². The Morgan fingerprint density at radius 3 is 2.16 bits per heavy atom. The molecule has 0 aliphatic rings. The van der Waals surface area contributed by atoms with Gasteiger partial charge in [-0.3, -0.25) is 0 Å². The summed E-state index contributed by atoms with van der Waals surface area (Å²) in [7, 11) is 0. The number of rotatable bonds is 3. The number of hydrogen-bond donors (Lipinski definition) is 0. The number of aryl methyl sites for hydroxylation is 1. The van der Waals surface area contributed by atoms with Gasteiger partial charge in [-0.05, 0) is 35.1 Å². The van der Waals surface area contributed by atoms with Crippen LogP contribution in [0, 0.1) is 6.92 Å². The van der Waals surface area contributed by atoms with Gasteiger partial charge in [-0.25, -0.2) is 0 Å². The second kappa shape index (κ2) is 5.65. The Balaban J connectivity index is 2.54. The van der Waals surface area contributed by atoms with E-state index in [-0.39, 0.29) is 0 Å². The second-order valence-electron chi connectivity index (χ2n) is 5.97. The first-order valence-corrected chi connectivity index (χ1v) is 7.20. The van der Waals surface area contributed by atoms with E-state index in [9.17, 15) is 0 Å². The molecular weight excluding hydrogens is 227 g/mol. The average Bonchev–Trinajstić information content (AvgIpc) is 2.38. The van der Waals surface area contributed by atoms with Crippen LogP contribution in [0.5, 0.6) is 0 Å². The zero-order valence-electron chi connectivity index (χ0n) is 12.7. The minimum atomic E-state index is 0.556. The molecule has 0 unspecified atom stereocenters. The van der Waals surface area contributed by atoms with E-state index in [1.807, 2.05) is 0 Å². The first-order valence-electron chi connectivity index (χ1n) is 7.20. The van der Waals surface area contributed by atoms with Crippen LogP contribution in [0.4, 0.5) is 0 Å². The zero-order valence-corrected chi connectivity index (χ0v) is 12.7. The van der Waals surface area contributed by atoms with Crippen molar-refractivity contribution in [1.29, 1.82) is 0 Å². The average molecular weight is 250 g/mol. The zero-order chi connectivity index (χ0) is 14.0. The Morgan fingerprint density at radius 2 is 1.58 bits per heavy atom. The predicted octanol–water partition coefficient (Wildman–Crippen LogP) is 4.75. The van der Waals surface area contributed by atoms with Crippen molar-refractivity contribution in [3.05, 3.63) is 53.6 Å². The molecule has 0 aromatic heterocycles. The van der Waals surface area contributed by atoms with E-state index >= 15 is 0 Å². The highest BCUT2D eigenvalue weighted by Crippen LogP contribution is 2.30. The molecule has 2 rings (SSSR count). The van der Waals surface area contributed by atoms with Crippen LogP contribution in [0.15, 0.2) is 42.5 Å². The van der Waals surface area contributed by atoms with Crippen molar-refractivity contribution >= 4 is 12.2 Å². The summed E-state index contributed by atoms with van der Waals surface area (Å²) in [6.07, 6.45) is 0. The Kier molecular flexibility index (Phi) is 4.14. The first-order chi connectivity index (χ1) is 9.00. The highest BCUT2D eigenvalue weighted by Gasteiger charge is 2.11. The molecule has 0 atom stereocenters. The third-order valence-electron chi connectivity index (χ3n) is 3.79. The Bertz CT molecular complexity index is 568. The van der Waals surface area contributed by atoms with Gasteiger partial charge < -0.3 is 0 Å². The highest BCUT2D eigenvalue weighted by molar-refractivity contribution is 6.70. The maximum Gasteiger partial charge on any atom is 0.169 e. The van der Waals surface area contributed by atoms with Crippen LogP contribution in [0.1, 0.15) is 30.9 Å². The quantitative estimate of drug-likeness (QED) is 0.690. The molecule has 0 saturated carbocycles. The van der Waals surface area contributed by atoms with E-state index in [0.29, 0.717) is 12.6 Å². The summed E-state index contributed by atoms with van der Waals surface area (Å²) < 4.78 is 0. The molecule has 0 aliphatic heterocycles. The lowest BCUT2D eigenvalue weighted by atomic mass is 9.49. The van der Waals surface area contributed by atoms with Crippen LogP contribution in [0.3, 0.4) is 0 Å². The molecule has 1 heteroatoms. The van der Waals surface area contributed by atoms with Crippen LogP contribution in [0.25, 0.3) is 11.1 Å². The fourth-order valence-corrected chi connectivity index (χ4v) is 2.59. The standard InChI is InChI=1S/C18H23B/c1-13(2)16-8-6-7-9-18(16)17-11-10-15(19(4)5)12-14(17)3/h6-13H,1-5H3. The fourth-order valence-electron chi connectivity index (χ4n) is 2.59. The lowest BCUT2D eigenvalue weighted by Gasteiger charge is -2.16. The Morgan fingerprint density at radius 1 is 0.895 bits per heavy atom. The topological polar surface area (TPSA) is 0 Å². The van der Waals surface area contributed by atoms with Gasteiger partial charge in [0.2, 0.25) is 0 Å². The molecule has 0 amide bonds. The molecule has 2 aromatic rings. The number of benzene rings is 2. The van der Waals surface area contributed by atoms with Crippen molar-refractivity contribution in [3.8, 4) is 11.1 Å². The largest absolute Gasteiger partial charge is 0.169 e. The van der Waals surface area contributed by atoms with Crippen molar-refractivity contribution in [1.82, 2.24) is 0 Å². The van der Waals surface area contributed by atoms with E-state index < -0.39 is 0 Å². The molecule has 0 spiro atoms. The molecule has 0 N–H and O–H groups in total. The lowest BCUT2D eigenvalue weighted by Crippen LogP contribution is -2.22.